The zero-order chi connectivity index (χ0) is 18.8. The number of benzene rings is 1. The number of hydrogen-bond acceptors (Lipinski definition) is 5. The lowest BCUT2D eigenvalue weighted by Crippen LogP contribution is -2.37. The number of piperidine rings is 1. The van der Waals surface area contributed by atoms with Crippen LogP contribution in [0.25, 0.3) is 10.9 Å². The first-order valence-electron chi connectivity index (χ1n) is 10.2. The van der Waals surface area contributed by atoms with Crippen LogP contribution >= 0.6 is 0 Å². The molecule has 27 heavy (non-hydrogen) atoms. The summed E-state index contributed by atoms with van der Waals surface area (Å²) < 4.78 is 11.1. The number of pyridine rings is 1. The van der Waals surface area contributed by atoms with Gasteiger partial charge < -0.3 is 19.7 Å². The average molecular weight is 370 g/mol. The highest BCUT2D eigenvalue weighted by Crippen LogP contribution is 2.39. The van der Waals surface area contributed by atoms with Crippen LogP contribution in [0.1, 0.15) is 43.4 Å². The van der Waals surface area contributed by atoms with Crippen LogP contribution in [-0.4, -0.2) is 50.3 Å². The van der Waals surface area contributed by atoms with Gasteiger partial charge in [0.25, 0.3) is 0 Å². The van der Waals surface area contributed by atoms with E-state index in [1.165, 1.54) is 49.0 Å². The Hall–Kier alpha value is -2.01. The zero-order valence-corrected chi connectivity index (χ0v) is 16.8. The summed E-state index contributed by atoms with van der Waals surface area (Å²) in [5.74, 6) is 1.52. The Bertz CT molecular complexity index is 813. The Balaban J connectivity index is 1.82. The van der Waals surface area contributed by atoms with Gasteiger partial charge in [0.15, 0.2) is 11.5 Å². The van der Waals surface area contributed by atoms with E-state index >= 15 is 0 Å². The van der Waals surface area contributed by atoms with Crippen molar-refractivity contribution < 1.29 is 9.47 Å². The van der Waals surface area contributed by atoms with E-state index in [1.54, 1.807) is 14.2 Å². The fraction of sp³-hybridized carbons (Fsp3) is 0.591. The largest absolute Gasteiger partial charge is 0.493 e. The van der Waals surface area contributed by atoms with Gasteiger partial charge in [-0.05, 0) is 70.3 Å². The number of hydrogen-bond donors (Lipinski definition) is 1. The Morgan fingerprint density at radius 3 is 2.44 bits per heavy atom. The lowest BCUT2D eigenvalue weighted by atomic mass is 9.98. The van der Waals surface area contributed by atoms with Crippen molar-refractivity contribution in [2.24, 2.45) is 0 Å². The molecule has 0 spiro atoms. The highest BCUT2D eigenvalue weighted by atomic mass is 16.5. The molecule has 5 nitrogen and oxygen atoms in total. The molecule has 0 amide bonds. The van der Waals surface area contributed by atoms with E-state index < -0.39 is 0 Å². The third-order valence-electron chi connectivity index (χ3n) is 6.08. The van der Waals surface area contributed by atoms with Crippen molar-refractivity contribution in [1.82, 2.24) is 9.88 Å². The fourth-order valence-corrected chi connectivity index (χ4v) is 4.45. The van der Waals surface area contributed by atoms with E-state index in [0.717, 1.165) is 48.3 Å². The van der Waals surface area contributed by atoms with E-state index in [-0.39, 0.29) is 0 Å². The predicted octanol–water partition coefficient (Wildman–Crippen LogP) is 4.03. The second-order valence-corrected chi connectivity index (χ2v) is 7.92. The summed E-state index contributed by atoms with van der Waals surface area (Å²) in [6.45, 7) is 2.31. The number of fused-ring (bicyclic) bond motifs is 2. The molecule has 1 saturated heterocycles. The summed E-state index contributed by atoms with van der Waals surface area (Å²) >= 11 is 0. The molecule has 4 rings (SSSR count). The standard InChI is InChI=1S/C22H31N3O2/c1-25-11-9-15(10-12-25)23-22-16-7-5-4-6-8-18(16)24-19-14-21(27-3)20(26-2)13-17(19)22/h13-15H,4-12H2,1-3H3,(H,23,24). The summed E-state index contributed by atoms with van der Waals surface area (Å²) in [6, 6.07) is 4.65. The topological polar surface area (TPSA) is 46.6 Å². The summed E-state index contributed by atoms with van der Waals surface area (Å²) in [7, 11) is 5.59. The molecule has 0 bridgehead atoms. The van der Waals surface area contributed by atoms with Crippen LogP contribution in [0.4, 0.5) is 5.69 Å². The molecule has 0 saturated carbocycles. The van der Waals surface area contributed by atoms with E-state index in [0.29, 0.717) is 6.04 Å². The van der Waals surface area contributed by atoms with Crippen molar-refractivity contribution in [3.05, 3.63) is 23.4 Å². The number of likely N-dealkylation sites (tertiary alicyclic amines) is 1. The SMILES string of the molecule is COc1cc2nc3c(c(NC4CCN(C)CC4)c2cc1OC)CCCCC3. The smallest absolute Gasteiger partial charge is 0.162 e. The van der Waals surface area contributed by atoms with Crippen molar-refractivity contribution in [3.63, 3.8) is 0 Å². The first kappa shape index (κ1) is 18.4. The summed E-state index contributed by atoms with van der Waals surface area (Å²) in [5.41, 5.74) is 4.98. The number of methoxy groups -OCH3 is 2. The molecule has 146 valence electrons. The average Bonchev–Trinajstić information content (AvgIpc) is 2.93. The van der Waals surface area contributed by atoms with Gasteiger partial charge in [-0.25, -0.2) is 0 Å². The van der Waals surface area contributed by atoms with E-state index in [1.807, 2.05) is 6.07 Å². The molecule has 1 aliphatic carbocycles. The number of ether oxygens (including phenoxy) is 2. The van der Waals surface area contributed by atoms with Gasteiger partial charge in [-0.1, -0.05) is 6.42 Å². The summed E-state index contributed by atoms with van der Waals surface area (Å²) in [5, 5.41) is 5.09. The van der Waals surface area contributed by atoms with Crippen LogP contribution in [0.15, 0.2) is 12.1 Å². The maximum Gasteiger partial charge on any atom is 0.162 e. The fourth-order valence-electron chi connectivity index (χ4n) is 4.45. The third-order valence-corrected chi connectivity index (χ3v) is 6.08. The molecule has 1 aromatic heterocycles. The van der Waals surface area contributed by atoms with Gasteiger partial charge in [0.1, 0.15) is 0 Å². The number of anilines is 1. The summed E-state index contributed by atoms with van der Waals surface area (Å²) in [6.07, 6.45) is 8.31. The molecule has 2 heterocycles. The molecule has 2 aromatic rings. The minimum Gasteiger partial charge on any atom is -0.493 e. The van der Waals surface area contributed by atoms with E-state index in [4.69, 9.17) is 14.5 Å². The highest BCUT2D eigenvalue weighted by Gasteiger charge is 2.23. The number of aromatic nitrogens is 1. The van der Waals surface area contributed by atoms with Crippen LogP contribution in [0.2, 0.25) is 0 Å². The predicted molar refractivity (Wildman–Crippen MR) is 110 cm³/mol. The van der Waals surface area contributed by atoms with Gasteiger partial charge in [-0.2, -0.15) is 0 Å². The van der Waals surface area contributed by atoms with Crippen molar-refractivity contribution in [1.29, 1.82) is 0 Å². The number of nitrogens with one attached hydrogen (secondary N) is 1. The molecular weight excluding hydrogens is 338 g/mol. The molecule has 5 heteroatoms. The Morgan fingerprint density at radius 1 is 1.00 bits per heavy atom. The van der Waals surface area contributed by atoms with Gasteiger partial charge in [-0.15, -0.1) is 0 Å². The Labute approximate surface area is 162 Å². The molecular formula is C22H31N3O2. The quantitative estimate of drug-likeness (QED) is 0.825. The van der Waals surface area contributed by atoms with Crippen molar-refractivity contribution in [3.8, 4) is 11.5 Å². The molecule has 1 fully saturated rings. The number of aryl methyl sites for hydroxylation is 1. The van der Waals surface area contributed by atoms with E-state index in [2.05, 4.69) is 23.3 Å². The number of nitrogens with zero attached hydrogens (tertiary/aromatic N) is 2. The van der Waals surface area contributed by atoms with Gasteiger partial charge >= 0.3 is 0 Å². The second kappa shape index (κ2) is 7.93. The molecule has 0 unspecified atom stereocenters. The van der Waals surface area contributed by atoms with Gasteiger partial charge in [0.2, 0.25) is 0 Å². The molecule has 1 N–H and O–H groups in total. The van der Waals surface area contributed by atoms with Crippen LogP contribution in [0.3, 0.4) is 0 Å². The van der Waals surface area contributed by atoms with Crippen molar-refractivity contribution in [2.75, 3.05) is 39.7 Å². The first-order valence-corrected chi connectivity index (χ1v) is 10.2. The molecule has 1 aromatic carbocycles. The maximum absolute atomic E-state index is 5.58. The second-order valence-electron chi connectivity index (χ2n) is 7.92. The van der Waals surface area contributed by atoms with Crippen molar-refractivity contribution in [2.45, 2.75) is 51.0 Å². The minimum absolute atomic E-state index is 0.521. The highest BCUT2D eigenvalue weighted by molar-refractivity contribution is 5.96. The van der Waals surface area contributed by atoms with Crippen LogP contribution in [-0.2, 0) is 12.8 Å². The minimum atomic E-state index is 0.521. The Kier molecular flexibility index (Phi) is 5.39. The Morgan fingerprint density at radius 2 is 1.70 bits per heavy atom. The van der Waals surface area contributed by atoms with Crippen LogP contribution in [0, 0.1) is 0 Å². The van der Waals surface area contributed by atoms with Crippen LogP contribution < -0.4 is 14.8 Å². The lowest BCUT2D eigenvalue weighted by Gasteiger charge is -2.31. The monoisotopic (exact) mass is 369 g/mol. The van der Waals surface area contributed by atoms with Gasteiger partial charge in [0.05, 0.1) is 19.7 Å². The van der Waals surface area contributed by atoms with Gasteiger partial charge in [0, 0.05) is 28.9 Å². The normalized spacial score (nSPS) is 18.8. The molecule has 1 aliphatic heterocycles. The van der Waals surface area contributed by atoms with Crippen LogP contribution in [0.5, 0.6) is 11.5 Å². The maximum atomic E-state index is 5.58. The molecule has 0 atom stereocenters. The zero-order valence-electron chi connectivity index (χ0n) is 16.8. The molecule has 2 aliphatic rings. The van der Waals surface area contributed by atoms with Crippen molar-refractivity contribution >= 4 is 16.6 Å². The first-order chi connectivity index (χ1) is 13.2. The third kappa shape index (κ3) is 3.70. The lowest BCUT2D eigenvalue weighted by molar-refractivity contribution is 0.264. The number of rotatable bonds is 4. The van der Waals surface area contributed by atoms with E-state index in [9.17, 15) is 0 Å². The summed E-state index contributed by atoms with van der Waals surface area (Å²) in [4.78, 5) is 7.46. The van der Waals surface area contributed by atoms with Gasteiger partial charge in [-0.3, -0.25) is 4.98 Å². The molecule has 0 radical (unpaired) electrons.